The highest BCUT2D eigenvalue weighted by Gasteiger charge is 2.09. The molecule has 1 aromatic carbocycles. The minimum atomic E-state index is 0.272. The average molecular weight is 332 g/mol. The molecule has 0 aliphatic heterocycles. The molecule has 1 atom stereocenters. The molecule has 0 saturated heterocycles. The van der Waals surface area contributed by atoms with E-state index >= 15 is 0 Å². The molecule has 17 heavy (non-hydrogen) atoms. The molecule has 90 valence electrons. The summed E-state index contributed by atoms with van der Waals surface area (Å²) in [6.45, 7) is 2.87. The highest BCUT2D eigenvalue weighted by atomic mass is 79.9. The molecule has 0 amide bonds. The highest BCUT2D eigenvalue weighted by Crippen LogP contribution is 2.24. The molecule has 0 radical (unpaired) electrons. The van der Waals surface area contributed by atoms with E-state index in [2.05, 4.69) is 39.2 Å². The molecule has 0 saturated carbocycles. The number of nitrogens with one attached hydrogen (secondary N) is 1. The highest BCUT2D eigenvalue weighted by molar-refractivity contribution is 9.10. The van der Waals surface area contributed by atoms with E-state index in [4.69, 9.17) is 11.6 Å². The predicted molar refractivity (Wildman–Crippen MR) is 76.5 cm³/mol. The number of thiazole rings is 1. The molecular weight excluding hydrogens is 320 g/mol. The van der Waals surface area contributed by atoms with Crippen molar-refractivity contribution < 1.29 is 0 Å². The summed E-state index contributed by atoms with van der Waals surface area (Å²) in [5.41, 5.74) is 1.25. The summed E-state index contributed by atoms with van der Waals surface area (Å²) in [5.74, 6) is 0. The van der Waals surface area contributed by atoms with Crippen LogP contribution >= 0.6 is 38.9 Å². The van der Waals surface area contributed by atoms with E-state index in [1.807, 2.05) is 18.2 Å². The monoisotopic (exact) mass is 330 g/mol. The molecule has 0 spiro atoms. The van der Waals surface area contributed by atoms with Crippen LogP contribution in [0.1, 0.15) is 23.5 Å². The third kappa shape index (κ3) is 3.52. The predicted octanol–water partition coefficient (Wildman–Crippen LogP) is 4.41. The number of nitrogens with zero attached hydrogens (tertiary/aromatic N) is 1. The Labute approximate surface area is 118 Å². The van der Waals surface area contributed by atoms with E-state index in [0.29, 0.717) is 0 Å². The maximum atomic E-state index is 5.84. The van der Waals surface area contributed by atoms with Crippen molar-refractivity contribution in [3.05, 3.63) is 49.8 Å². The average Bonchev–Trinajstić information content (AvgIpc) is 2.73. The van der Waals surface area contributed by atoms with Gasteiger partial charge in [0, 0.05) is 17.1 Å². The zero-order chi connectivity index (χ0) is 12.3. The van der Waals surface area contributed by atoms with E-state index < -0.39 is 0 Å². The fraction of sp³-hybridized carbons (Fsp3) is 0.250. The van der Waals surface area contributed by atoms with Crippen molar-refractivity contribution in [1.82, 2.24) is 10.3 Å². The van der Waals surface area contributed by atoms with Gasteiger partial charge in [0.25, 0.3) is 0 Å². The lowest BCUT2D eigenvalue weighted by Gasteiger charge is -2.14. The maximum Gasteiger partial charge on any atom is 0.113 e. The van der Waals surface area contributed by atoms with Crippen LogP contribution in [0, 0.1) is 0 Å². The smallest absolute Gasteiger partial charge is 0.113 e. The minimum Gasteiger partial charge on any atom is -0.304 e. The van der Waals surface area contributed by atoms with Gasteiger partial charge in [-0.3, -0.25) is 0 Å². The van der Waals surface area contributed by atoms with Gasteiger partial charge in [0.15, 0.2) is 0 Å². The van der Waals surface area contributed by atoms with Crippen molar-refractivity contribution in [2.75, 3.05) is 0 Å². The van der Waals surface area contributed by atoms with E-state index in [9.17, 15) is 0 Å². The van der Waals surface area contributed by atoms with Crippen LogP contribution in [-0.4, -0.2) is 4.98 Å². The Hall–Kier alpha value is -0.420. The Balaban J connectivity index is 1.98. The summed E-state index contributed by atoms with van der Waals surface area (Å²) in [5, 5.41) is 4.44. The van der Waals surface area contributed by atoms with Crippen molar-refractivity contribution in [1.29, 1.82) is 0 Å². The second-order valence-electron chi connectivity index (χ2n) is 3.68. The van der Waals surface area contributed by atoms with Gasteiger partial charge in [-0.2, -0.15) is 0 Å². The first-order chi connectivity index (χ1) is 8.16. The van der Waals surface area contributed by atoms with Gasteiger partial charge in [-0.05, 0) is 18.6 Å². The Kier molecular flexibility index (Phi) is 4.56. The summed E-state index contributed by atoms with van der Waals surface area (Å²) in [6, 6.07) is 8.48. The van der Waals surface area contributed by atoms with Gasteiger partial charge < -0.3 is 5.32 Å². The molecule has 1 heterocycles. The molecule has 1 aromatic heterocycles. The largest absolute Gasteiger partial charge is 0.304 e. The molecule has 0 aliphatic rings. The van der Waals surface area contributed by atoms with Crippen LogP contribution in [0.5, 0.6) is 0 Å². The number of benzene rings is 1. The van der Waals surface area contributed by atoms with Crippen LogP contribution < -0.4 is 5.32 Å². The van der Waals surface area contributed by atoms with Crippen LogP contribution in [-0.2, 0) is 6.54 Å². The molecule has 0 aliphatic carbocycles. The van der Waals surface area contributed by atoms with Gasteiger partial charge >= 0.3 is 0 Å². The number of halogens is 2. The molecule has 0 bridgehead atoms. The van der Waals surface area contributed by atoms with Crippen molar-refractivity contribution in [3.63, 3.8) is 0 Å². The van der Waals surface area contributed by atoms with E-state index in [-0.39, 0.29) is 6.04 Å². The standard InChI is InChI=1S/C12H12BrClN2S/c1-8(9-4-2-3-5-10(9)13)15-7-12-16-6-11(14)17-12/h2-6,8,15H,7H2,1H3. The van der Waals surface area contributed by atoms with Crippen LogP contribution in [0.25, 0.3) is 0 Å². The Morgan fingerprint density at radius 1 is 1.47 bits per heavy atom. The lowest BCUT2D eigenvalue weighted by molar-refractivity contribution is 0.571. The minimum absolute atomic E-state index is 0.272. The Morgan fingerprint density at radius 2 is 2.24 bits per heavy atom. The fourth-order valence-electron chi connectivity index (χ4n) is 1.55. The first-order valence-electron chi connectivity index (χ1n) is 5.25. The number of hydrogen-bond donors (Lipinski definition) is 1. The summed E-state index contributed by atoms with van der Waals surface area (Å²) >= 11 is 10.9. The third-order valence-corrected chi connectivity index (χ3v) is 4.29. The second kappa shape index (κ2) is 5.96. The van der Waals surface area contributed by atoms with Gasteiger partial charge in [0.05, 0.1) is 6.20 Å². The Bertz CT molecular complexity index is 501. The van der Waals surface area contributed by atoms with Crippen LogP contribution in [0.3, 0.4) is 0 Å². The molecule has 1 N–H and O–H groups in total. The number of aromatic nitrogens is 1. The number of hydrogen-bond acceptors (Lipinski definition) is 3. The van der Waals surface area contributed by atoms with Crippen molar-refractivity contribution >= 4 is 38.9 Å². The molecular formula is C12H12BrClN2S. The zero-order valence-corrected chi connectivity index (χ0v) is 12.4. The van der Waals surface area contributed by atoms with Gasteiger partial charge in [-0.15, -0.1) is 11.3 Å². The normalized spacial score (nSPS) is 12.6. The SMILES string of the molecule is CC(NCc1ncc(Cl)s1)c1ccccc1Br. The van der Waals surface area contributed by atoms with Crippen molar-refractivity contribution in [2.45, 2.75) is 19.5 Å². The summed E-state index contributed by atoms with van der Waals surface area (Å²) in [4.78, 5) is 4.22. The lowest BCUT2D eigenvalue weighted by Crippen LogP contribution is -2.18. The Morgan fingerprint density at radius 3 is 2.88 bits per heavy atom. The van der Waals surface area contributed by atoms with Crippen molar-refractivity contribution in [2.24, 2.45) is 0 Å². The summed E-state index contributed by atoms with van der Waals surface area (Å²) in [6.07, 6.45) is 1.69. The van der Waals surface area contributed by atoms with E-state index in [1.165, 1.54) is 16.9 Å². The van der Waals surface area contributed by atoms with Gasteiger partial charge in [-0.1, -0.05) is 45.7 Å². The summed E-state index contributed by atoms with van der Waals surface area (Å²) in [7, 11) is 0. The lowest BCUT2D eigenvalue weighted by atomic mass is 10.1. The van der Waals surface area contributed by atoms with Gasteiger partial charge in [0.2, 0.25) is 0 Å². The van der Waals surface area contributed by atoms with Crippen LogP contribution in [0.15, 0.2) is 34.9 Å². The van der Waals surface area contributed by atoms with E-state index in [1.54, 1.807) is 6.20 Å². The number of rotatable bonds is 4. The fourth-order valence-corrected chi connectivity index (χ4v) is 3.08. The van der Waals surface area contributed by atoms with E-state index in [0.717, 1.165) is 20.4 Å². The van der Waals surface area contributed by atoms with Crippen LogP contribution in [0.2, 0.25) is 4.34 Å². The maximum absolute atomic E-state index is 5.84. The first kappa shape index (κ1) is 13.0. The molecule has 2 rings (SSSR count). The zero-order valence-electron chi connectivity index (χ0n) is 9.28. The first-order valence-corrected chi connectivity index (χ1v) is 7.23. The van der Waals surface area contributed by atoms with Crippen LogP contribution in [0.4, 0.5) is 0 Å². The summed E-state index contributed by atoms with van der Waals surface area (Å²) < 4.78 is 1.85. The molecule has 5 heteroatoms. The van der Waals surface area contributed by atoms with Gasteiger partial charge in [-0.25, -0.2) is 4.98 Å². The topological polar surface area (TPSA) is 24.9 Å². The van der Waals surface area contributed by atoms with Gasteiger partial charge in [0.1, 0.15) is 9.34 Å². The second-order valence-corrected chi connectivity index (χ2v) is 6.28. The molecule has 2 aromatic rings. The quantitative estimate of drug-likeness (QED) is 0.897. The molecule has 1 unspecified atom stereocenters. The molecule has 2 nitrogen and oxygen atoms in total. The molecule has 0 fully saturated rings. The third-order valence-electron chi connectivity index (χ3n) is 2.46. The van der Waals surface area contributed by atoms with Crippen molar-refractivity contribution in [3.8, 4) is 0 Å².